The number of nitrogen functional groups attached to an aromatic ring is 1. The van der Waals surface area contributed by atoms with Crippen LogP contribution in [0.15, 0.2) is 12.3 Å². The molecule has 0 aromatic carbocycles. The molecule has 7 heteroatoms. The Hall–Kier alpha value is -1.44. The van der Waals surface area contributed by atoms with Crippen molar-refractivity contribution in [1.82, 2.24) is 9.97 Å². The zero-order chi connectivity index (χ0) is 11.6. The Morgan fingerprint density at radius 3 is 2.88 bits per heavy atom. The molecule has 0 aliphatic heterocycles. The number of rotatable bonds is 8. The molecule has 0 atom stereocenters. The van der Waals surface area contributed by atoms with Crippen LogP contribution in [0.25, 0.3) is 0 Å². The Labute approximate surface area is 93.9 Å². The molecule has 1 rings (SSSR count). The van der Waals surface area contributed by atoms with Crippen molar-refractivity contribution in [1.29, 1.82) is 0 Å². The number of aromatic nitrogens is 2. The van der Waals surface area contributed by atoms with Gasteiger partial charge >= 0.3 is 0 Å². The van der Waals surface area contributed by atoms with Gasteiger partial charge < -0.3 is 14.2 Å². The van der Waals surface area contributed by atoms with Crippen LogP contribution in [0.5, 0.6) is 5.88 Å². The molecule has 0 aliphatic rings. The van der Waals surface area contributed by atoms with Gasteiger partial charge in [0.15, 0.2) is 0 Å². The molecule has 1 aromatic rings. The fourth-order valence-corrected chi connectivity index (χ4v) is 0.942. The summed E-state index contributed by atoms with van der Waals surface area (Å²) in [6.45, 7) is 2.04. The van der Waals surface area contributed by atoms with Gasteiger partial charge in [-0.2, -0.15) is 4.98 Å². The van der Waals surface area contributed by atoms with Gasteiger partial charge in [0.05, 0.1) is 19.8 Å². The summed E-state index contributed by atoms with van der Waals surface area (Å²) in [5, 5.41) is 0. The highest BCUT2D eigenvalue weighted by Crippen LogP contribution is 2.06. The molecule has 1 heterocycles. The molecule has 90 valence electrons. The van der Waals surface area contributed by atoms with Gasteiger partial charge in [-0.15, -0.1) is 0 Å². The van der Waals surface area contributed by atoms with Crippen LogP contribution in [0, 0.1) is 0 Å². The lowest BCUT2D eigenvalue weighted by Crippen LogP contribution is -2.13. The van der Waals surface area contributed by atoms with Crippen molar-refractivity contribution >= 4 is 5.95 Å². The van der Waals surface area contributed by atoms with Crippen molar-refractivity contribution < 1.29 is 14.2 Å². The maximum Gasteiger partial charge on any atom is 0.240 e. The van der Waals surface area contributed by atoms with Gasteiger partial charge in [0.1, 0.15) is 6.61 Å². The van der Waals surface area contributed by atoms with E-state index in [1.165, 1.54) is 0 Å². The second-order valence-electron chi connectivity index (χ2n) is 2.82. The van der Waals surface area contributed by atoms with Gasteiger partial charge in [-0.1, -0.05) is 0 Å². The minimum absolute atomic E-state index is 0.317. The van der Waals surface area contributed by atoms with Crippen molar-refractivity contribution in [2.45, 2.75) is 0 Å². The van der Waals surface area contributed by atoms with E-state index in [9.17, 15) is 0 Å². The second-order valence-corrected chi connectivity index (χ2v) is 2.82. The first-order chi connectivity index (χ1) is 7.86. The van der Waals surface area contributed by atoms with Gasteiger partial charge in [-0.05, 0) is 0 Å². The number of anilines is 1. The molecule has 0 saturated heterocycles. The lowest BCUT2D eigenvalue weighted by Gasteiger charge is -2.06. The maximum atomic E-state index is 5.32. The highest BCUT2D eigenvalue weighted by atomic mass is 16.5. The SMILES string of the molecule is COCCOCCOc1ccnc(NN)n1. The molecule has 1 aromatic heterocycles. The predicted octanol–water partition coefficient (Wildman–Crippen LogP) is -0.196. The van der Waals surface area contributed by atoms with Gasteiger partial charge in [-0.25, -0.2) is 10.8 Å². The van der Waals surface area contributed by atoms with Crippen LogP contribution in [0.4, 0.5) is 5.95 Å². The summed E-state index contributed by atoms with van der Waals surface area (Å²) in [7, 11) is 1.63. The quantitative estimate of drug-likeness (QED) is 0.362. The van der Waals surface area contributed by atoms with Crippen molar-refractivity contribution in [3.05, 3.63) is 12.3 Å². The number of hydrogen-bond donors (Lipinski definition) is 2. The van der Waals surface area contributed by atoms with E-state index in [2.05, 4.69) is 15.4 Å². The summed E-state index contributed by atoms with van der Waals surface area (Å²) in [6.07, 6.45) is 1.56. The van der Waals surface area contributed by atoms with E-state index < -0.39 is 0 Å². The molecule has 0 saturated carbocycles. The largest absolute Gasteiger partial charge is 0.475 e. The van der Waals surface area contributed by atoms with E-state index in [4.69, 9.17) is 20.1 Å². The first-order valence-electron chi connectivity index (χ1n) is 4.86. The van der Waals surface area contributed by atoms with Crippen molar-refractivity contribution in [3.8, 4) is 5.88 Å². The van der Waals surface area contributed by atoms with E-state index in [1.54, 1.807) is 19.4 Å². The van der Waals surface area contributed by atoms with Crippen LogP contribution in [-0.2, 0) is 9.47 Å². The monoisotopic (exact) mass is 228 g/mol. The zero-order valence-electron chi connectivity index (χ0n) is 9.18. The average Bonchev–Trinajstić information content (AvgIpc) is 2.34. The van der Waals surface area contributed by atoms with Crippen LogP contribution in [0.2, 0.25) is 0 Å². The number of ether oxygens (including phenoxy) is 3. The van der Waals surface area contributed by atoms with Crippen LogP contribution < -0.4 is 16.0 Å². The summed E-state index contributed by atoms with van der Waals surface area (Å²) < 4.78 is 15.4. The Kier molecular flexibility index (Phi) is 6.16. The topological polar surface area (TPSA) is 91.5 Å². The summed E-state index contributed by atoms with van der Waals surface area (Å²) >= 11 is 0. The lowest BCUT2D eigenvalue weighted by atomic mass is 10.6. The number of nitrogens with zero attached hydrogens (tertiary/aromatic N) is 2. The molecule has 3 N–H and O–H groups in total. The summed E-state index contributed by atoms with van der Waals surface area (Å²) in [4.78, 5) is 7.83. The van der Waals surface area contributed by atoms with Gasteiger partial charge in [-0.3, -0.25) is 5.43 Å². The highest BCUT2D eigenvalue weighted by molar-refractivity contribution is 5.25. The van der Waals surface area contributed by atoms with Crippen molar-refractivity contribution in [3.63, 3.8) is 0 Å². The van der Waals surface area contributed by atoms with Gasteiger partial charge in [0.2, 0.25) is 11.8 Å². The molecule has 16 heavy (non-hydrogen) atoms. The minimum Gasteiger partial charge on any atom is -0.475 e. The van der Waals surface area contributed by atoms with Crippen LogP contribution in [-0.4, -0.2) is 43.5 Å². The molecule has 0 aliphatic carbocycles. The minimum atomic E-state index is 0.317. The summed E-state index contributed by atoms with van der Waals surface area (Å²) in [5.74, 6) is 5.93. The fraction of sp³-hybridized carbons (Fsp3) is 0.556. The maximum absolute atomic E-state index is 5.32. The Morgan fingerprint density at radius 2 is 2.12 bits per heavy atom. The van der Waals surface area contributed by atoms with Crippen LogP contribution in [0.1, 0.15) is 0 Å². The molecule has 0 radical (unpaired) electrons. The molecule has 7 nitrogen and oxygen atoms in total. The predicted molar refractivity (Wildman–Crippen MR) is 58.0 cm³/mol. The third-order valence-electron chi connectivity index (χ3n) is 1.67. The normalized spacial score (nSPS) is 10.1. The number of hydrazine groups is 1. The third kappa shape index (κ3) is 4.87. The zero-order valence-corrected chi connectivity index (χ0v) is 9.18. The molecular weight excluding hydrogens is 212 g/mol. The summed E-state index contributed by atoms with van der Waals surface area (Å²) in [6, 6.07) is 1.65. The smallest absolute Gasteiger partial charge is 0.240 e. The van der Waals surface area contributed by atoms with E-state index in [1.807, 2.05) is 0 Å². The van der Waals surface area contributed by atoms with Crippen LogP contribution >= 0.6 is 0 Å². The van der Waals surface area contributed by atoms with Gasteiger partial charge in [0.25, 0.3) is 0 Å². The Bertz CT molecular complexity index is 298. The van der Waals surface area contributed by atoms with Crippen molar-refractivity contribution in [2.75, 3.05) is 39.0 Å². The molecule has 0 fully saturated rings. The summed E-state index contributed by atoms with van der Waals surface area (Å²) in [5.41, 5.74) is 2.34. The lowest BCUT2D eigenvalue weighted by molar-refractivity contribution is 0.0537. The van der Waals surface area contributed by atoms with E-state index in [0.717, 1.165) is 0 Å². The highest BCUT2D eigenvalue weighted by Gasteiger charge is 1.98. The Balaban J connectivity index is 2.16. The number of methoxy groups -OCH3 is 1. The van der Waals surface area contributed by atoms with E-state index in [-0.39, 0.29) is 0 Å². The van der Waals surface area contributed by atoms with Crippen LogP contribution in [0.3, 0.4) is 0 Å². The average molecular weight is 228 g/mol. The molecule has 0 amide bonds. The Morgan fingerprint density at radius 1 is 1.31 bits per heavy atom. The standard InChI is InChI=1S/C9H16N4O3/c1-14-4-5-15-6-7-16-8-2-3-11-9(12-8)13-10/h2-3H,4-7,10H2,1H3,(H,11,12,13). The number of nitrogens with two attached hydrogens (primary N) is 1. The third-order valence-corrected chi connectivity index (χ3v) is 1.67. The van der Waals surface area contributed by atoms with E-state index in [0.29, 0.717) is 38.3 Å². The number of nitrogens with one attached hydrogen (secondary N) is 1. The van der Waals surface area contributed by atoms with Gasteiger partial charge in [0, 0.05) is 19.4 Å². The van der Waals surface area contributed by atoms with E-state index >= 15 is 0 Å². The first-order valence-corrected chi connectivity index (χ1v) is 4.86. The molecular formula is C9H16N4O3. The second kappa shape index (κ2) is 7.80. The molecule has 0 bridgehead atoms. The fourth-order valence-electron chi connectivity index (χ4n) is 0.942. The van der Waals surface area contributed by atoms with Crippen molar-refractivity contribution in [2.24, 2.45) is 5.84 Å². The number of hydrogen-bond acceptors (Lipinski definition) is 7. The first kappa shape index (κ1) is 12.6. The molecule has 0 unspecified atom stereocenters. The molecule has 0 spiro atoms.